The smallest absolute Gasteiger partial charge is 0.249 e. The van der Waals surface area contributed by atoms with Gasteiger partial charge in [-0.05, 0) is 81.6 Å². The van der Waals surface area contributed by atoms with Crippen molar-refractivity contribution in [1.29, 1.82) is 0 Å². The minimum Gasteiger partial charge on any atom is -0.349 e. The van der Waals surface area contributed by atoms with E-state index >= 15 is 0 Å². The van der Waals surface area contributed by atoms with E-state index in [0.717, 1.165) is 17.5 Å². The van der Waals surface area contributed by atoms with Crippen LogP contribution in [0.2, 0.25) is 0 Å². The van der Waals surface area contributed by atoms with Gasteiger partial charge in [-0.15, -0.1) is 5.10 Å². The number of rotatable bonds is 8. The van der Waals surface area contributed by atoms with E-state index in [2.05, 4.69) is 22.6 Å². The van der Waals surface area contributed by atoms with E-state index in [0.29, 0.717) is 22.3 Å². The second-order valence-corrected chi connectivity index (χ2v) is 10.3. The number of anilines is 1. The molecule has 0 saturated heterocycles. The van der Waals surface area contributed by atoms with Crippen LogP contribution in [0.4, 0.5) is 5.69 Å². The van der Waals surface area contributed by atoms with Gasteiger partial charge in [-0.2, -0.15) is 0 Å². The summed E-state index contributed by atoms with van der Waals surface area (Å²) in [6.07, 6.45) is 0.855. The van der Waals surface area contributed by atoms with Crippen LogP contribution in [0.1, 0.15) is 62.1 Å². The fourth-order valence-corrected chi connectivity index (χ4v) is 4.32. The van der Waals surface area contributed by atoms with Crippen LogP contribution >= 0.6 is 0 Å². The van der Waals surface area contributed by atoms with Crippen LogP contribution in [0, 0.1) is 0 Å². The van der Waals surface area contributed by atoms with Gasteiger partial charge < -0.3 is 5.32 Å². The Morgan fingerprint density at radius 1 is 0.947 bits per heavy atom. The number of aryl methyl sites for hydroxylation is 1. The highest BCUT2D eigenvalue weighted by molar-refractivity contribution is 6.02. The lowest BCUT2D eigenvalue weighted by Gasteiger charge is -2.34. The number of Topliss-reactive ketones (excluding diaryl/α,β-unsaturated/α-hetero) is 1. The summed E-state index contributed by atoms with van der Waals surface area (Å²) in [5.74, 6) is -0.736. The molecule has 0 aliphatic heterocycles. The molecule has 1 atom stereocenters. The molecule has 8 nitrogen and oxygen atoms in total. The third-order valence-electron chi connectivity index (χ3n) is 6.23. The Morgan fingerprint density at radius 2 is 1.61 bits per heavy atom. The second-order valence-electron chi connectivity index (χ2n) is 10.3. The molecule has 0 spiro atoms. The van der Waals surface area contributed by atoms with Crippen molar-refractivity contribution < 1.29 is 14.4 Å². The van der Waals surface area contributed by atoms with E-state index in [9.17, 15) is 14.4 Å². The number of benzene rings is 3. The highest BCUT2D eigenvalue weighted by Crippen LogP contribution is 2.30. The summed E-state index contributed by atoms with van der Waals surface area (Å²) in [5.41, 5.74) is 3.70. The fraction of sp³-hybridized carbons (Fsp3) is 0.300. The Kier molecular flexibility index (Phi) is 7.71. The number of aromatic nitrogens is 3. The number of amides is 2. The van der Waals surface area contributed by atoms with Crippen molar-refractivity contribution in [2.24, 2.45) is 0 Å². The molecule has 0 aliphatic carbocycles. The Morgan fingerprint density at radius 3 is 2.21 bits per heavy atom. The first-order valence-corrected chi connectivity index (χ1v) is 12.7. The lowest BCUT2D eigenvalue weighted by Crippen LogP contribution is -2.50. The minimum atomic E-state index is -0.953. The third kappa shape index (κ3) is 5.96. The molecule has 196 valence electrons. The molecule has 0 bridgehead atoms. The lowest BCUT2D eigenvalue weighted by atomic mass is 9.98. The summed E-state index contributed by atoms with van der Waals surface area (Å²) < 4.78 is 1.54. The standard InChI is InChI=1S/C30H33N5O3/c1-6-21-11-13-23(14-12-21)28(29(38)31-30(3,4)5)35(24-17-15-22(16-18-24)20(2)36)27(37)19-34-26-10-8-7-9-25(26)32-33-34/h7-18,28H,6,19H2,1-5H3,(H,31,38)/t28-/m0/s1. The van der Waals surface area contributed by atoms with Gasteiger partial charge in [-0.3, -0.25) is 19.3 Å². The summed E-state index contributed by atoms with van der Waals surface area (Å²) in [6.45, 7) is 9.13. The molecule has 1 heterocycles. The molecule has 3 aromatic carbocycles. The minimum absolute atomic E-state index is 0.0827. The van der Waals surface area contributed by atoms with Gasteiger partial charge in [-0.1, -0.05) is 48.5 Å². The maximum absolute atomic E-state index is 14.1. The van der Waals surface area contributed by atoms with Crippen molar-refractivity contribution in [3.8, 4) is 0 Å². The first-order valence-electron chi connectivity index (χ1n) is 12.7. The van der Waals surface area contributed by atoms with Crippen LogP contribution in [0.3, 0.4) is 0 Å². The molecule has 1 N–H and O–H groups in total. The van der Waals surface area contributed by atoms with E-state index in [1.165, 1.54) is 16.5 Å². The first kappa shape index (κ1) is 26.7. The number of fused-ring (bicyclic) bond motifs is 1. The number of carbonyl (C=O) groups is 3. The molecule has 0 fully saturated rings. The normalized spacial score (nSPS) is 12.2. The second kappa shape index (κ2) is 11.0. The zero-order valence-electron chi connectivity index (χ0n) is 22.4. The predicted octanol–water partition coefficient (Wildman–Crippen LogP) is 4.89. The van der Waals surface area contributed by atoms with E-state index in [-0.39, 0.29) is 24.1 Å². The number of hydrogen-bond donors (Lipinski definition) is 1. The molecule has 0 radical (unpaired) electrons. The summed E-state index contributed by atoms with van der Waals surface area (Å²) in [7, 11) is 0. The van der Waals surface area contributed by atoms with Crippen molar-refractivity contribution in [3.05, 3.63) is 89.5 Å². The maximum Gasteiger partial charge on any atom is 0.249 e. The van der Waals surface area contributed by atoms with Crippen LogP contribution in [-0.4, -0.2) is 38.1 Å². The number of para-hydroxylation sites is 1. The molecular weight excluding hydrogens is 478 g/mol. The van der Waals surface area contributed by atoms with Crippen LogP contribution in [0.15, 0.2) is 72.8 Å². The van der Waals surface area contributed by atoms with Gasteiger partial charge in [0, 0.05) is 16.8 Å². The van der Waals surface area contributed by atoms with Crippen LogP contribution in [0.5, 0.6) is 0 Å². The average molecular weight is 512 g/mol. The average Bonchev–Trinajstić information content (AvgIpc) is 3.29. The number of nitrogens with one attached hydrogen (secondary N) is 1. The number of hydrogen-bond acceptors (Lipinski definition) is 5. The lowest BCUT2D eigenvalue weighted by molar-refractivity contribution is -0.128. The molecule has 0 saturated carbocycles. The molecule has 4 rings (SSSR count). The van der Waals surface area contributed by atoms with E-state index in [4.69, 9.17) is 0 Å². The topological polar surface area (TPSA) is 97.2 Å². The van der Waals surface area contributed by atoms with Gasteiger partial charge in [0.25, 0.3) is 0 Å². The molecule has 8 heteroatoms. The molecule has 4 aromatic rings. The van der Waals surface area contributed by atoms with Gasteiger partial charge in [0.05, 0.1) is 5.52 Å². The Balaban J connectivity index is 1.83. The quantitative estimate of drug-likeness (QED) is 0.340. The van der Waals surface area contributed by atoms with Crippen molar-refractivity contribution in [2.45, 2.75) is 59.2 Å². The fourth-order valence-electron chi connectivity index (χ4n) is 4.32. The van der Waals surface area contributed by atoms with Crippen molar-refractivity contribution in [3.63, 3.8) is 0 Å². The molecule has 0 aliphatic rings. The number of nitrogens with zero attached hydrogens (tertiary/aromatic N) is 4. The monoisotopic (exact) mass is 511 g/mol. The molecule has 0 unspecified atom stereocenters. The Hall–Kier alpha value is -4.33. The summed E-state index contributed by atoms with van der Waals surface area (Å²) >= 11 is 0. The van der Waals surface area contributed by atoms with Crippen molar-refractivity contribution >= 4 is 34.3 Å². The van der Waals surface area contributed by atoms with Crippen LogP contribution in [-0.2, 0) is 22.6 Å². The molecule has 38 heavy (non-hydrogen) atoms. The van der Waals surface area contributed by atoms with Gasteiger partial charge in [-0.25, -0.2) is 4.68 Å². The summed E-state index contributed by atoms with van der Waals surface area (Å²) in [4.78, 5) is 41.3. The highest BCUT2D eigenvalue weighted by Gasteiger charge is 2.35. The summed E-state index contributed by atoms with van der Waals surface area (Å²) in [5, 5.41) is 11.4. The predicted molar refractivity (Wildman–Crippen MR) is 148 cm³/mol. The van der Waals surface area contributed by atoms with Gasteiger partial charge in [0.1, 0.15) is 18.1 Å². The van der Waals surface area contributed by atoms with Gasteiger partial charge >= 0.3 is 0 Å². The Bertz CT molecular complexity index is 1450. The third-order valence-corrected chi connectivity index (χ3v) is 6.23. The molecule has 2 amide bonds. The van der Waals surface area contributed by atoms with Crippen LogP contribution < -0.4 is 10.2 Å². The van der Waals surface area contributed by atoms with Crippen LogP contribution in [0.25, 0.3) is 11.0 Å². The highest BCUT2D eigenvalue weighted by atomic mass is 16.2. The van der Waals surface area contributed by atoms with E-state index in [1.807, 2.05) is 69.3 Å². The van der Waals surface area contributed by atoms with E-state index in [1.54, 1.807) is 24.3 Å². The Labute approximate surface area is 222 Å². The van der Waals surface area contributed by atoms with Crippen molar-refractivity contribution in [1.82, 2.24) is 20.3 Å². The molecular formula is C30H33N5O3. The molecule has 1 aromatic heterocycles. The van der Waals surface area contributed by atoms with Crippen molar-refractivity contribution in [2.75, 3.05) is 4.90 Å². The van der Waals surface area contributed by atoms with E-state index < -0.39 is 11.6 Å². The number of ketones is 1. The largest absolute Gasteiger partial charge is 0.349 e. The maximum atomic E-state index is 14.1. The first-order chi connectivity index (χ1) is 18.1. The number of carbonyl (C=O) groups excluding carboxylic acids is 3. The zero-order valence-corrected chi connectivity index (χ0v) is 22.4. The summed E-state index contributed by atoms with van der Waals surface area (Å²) in [6, 6.07) is 20.9. The van der Waals surface area contributed by atoms with Gasteiger partial charge in [0.2, 0.25) is 11.8 Å². The van der Waals surface area contributed by atoms with Gasteiger partial charge in [0.15, 0.2) is 5.78 Å². The SMILES string of the molecule is CCc1ccc([C@@H](C(=O)NC(C)(C)C)N(C(=O)Cn2nnc3ccccc32)c2ccc(C(C)=O)cc2)cc1. The zero-order chi connectivity index (χ0) is 27.4.